The lowest BCUT2D eigenvalue weighted by Gasteiger charge is -2.24. The van der Waals surface area contributed by atoms with Crippen LogP contribution in [-0.2, 0) is 9.59 Å². The van der Waals surface area contributed by atoms with Gasteiger partial charge in [0.05, 0.1) is 42.2 Å². The molecule has 1 saturated heterocycles. The molecule has 2 heterocycles. The second kappa shape index (κ2) is 10.8. The lowest BCUT2D eigenvalue weighted by Crippen LogP contribution is -2.29. The molecule has 5 rings (SSSR count). The molecule has 0 bridgehead atoms. The predicted octanol–water partition coefficient (Wildman–Crippen LogP) is 6.04. The molecule has 0 aliphatic carbocycles. The summed E-state index contributed by atoms with van der Waals surface area (Å²) in [4.78, 5) is 33.2. The van der Waals surface area contributed by atoms with Crippen LogP contribution in [0.25, 0.3) is 16.0 Å². The minimum Gasteiger partial charge on any atom is -0.507 e. The van der Waals surface area contributed by atoms with Crippen LogP contribution in [0.2, 0.25) is 0 Å². The number of Topliss-reactive ketones (excluding diaryl/α,β-unsaturated/α-hetero) is 1. The van der Waals surface area contributed by atoms with Gasteiger partial charge in [-0.3, -0.25) is 14.5 Å². The Morgan fingerprint density at radius 3 is 2.38 bits per heavy atom. The fraction of sp³-hybridized carbons (Fsp3) is 0.233. The van der Waals surface area contributed by atoms with E-state index in [1.807, 2.05) is 39.0 Å². The van der Waals surface area contributed by atoms with Gasteiger partial charge in [0.2, 0.25) is 0 Å². The van der Waals surface area contributed by atoms with Crippen LogP contribution < -0.4 is 19.1 Å². The molecule has 8 nitrogen and oxygen atoms in total. The quantitative estimate of drug-likeness (QED) is 0.164. The van der Waals surface area contributed by atoms with Gasteiger partial charge in [0, 0.05) is 5.56 Å². The van der Waals surface area contributed by atoms with Crippen LogP contribution in [-0.4, -0.2) is 42.1 Å². The Balaban J connectivity index is 1.72. The van der Waals surface area contributed by atoms with Gasteiger partial charge in [-0.05, 0) is 80.4 Å². The number of aliphatic hydroxyl groups excluding tert-OH is 1. The van der Waals surface area contributed by atoms with Crippen LogP contribution in [0.4, 0.5) is 5.13 Å². The molecule has 1 aromatic heterocycles. The van der Waals surface area contributed by atoms with Crippen LogP contribution >= 0.6 is 11.3 Å². The van der Waals surface area contributed by atoms with E-state index in [1.165, 1.54) is 16.2 Å². The Kier molecular flexibility index (Phi) is 7.26. The molecule has 1 amide bonds. The van der Waals surface area contributed by atoms with E-state index in [9.17, 15) is 14.7 Å². The van der Waals surface area contributed by atoms with E-state index in [4.69, 9.17) is 14.2 Å². The number of nitrogens with zero attached hydrogens (tertiary/aromatic N) is 2. The monoisotopic (exact) mass is 544 g/mol. The molecule has 1 aliphatic rings. The minimum atomic E-state index is -0.941. The molecule has 1 aliphatic heterocycles. The summed E-state index contributed by atoms with van der Waals surface area (Å²) in [6, 6.07) is 16.8. The number of hydrogen-bond donors (Lipinski definition) is 1. The molecular weight excluding hydrogens is 516 g/mol. The highest BCUT2D eigenvalue weighted by atomic mass is 32.1. The van der Waals surface area contributed by atoms with Gasteiger partial charge >= 0.3 is 5.91 Å². The van der Waals surface area contributed by atoms with Crippen molar-refractivity contribution in [3.05, 3.63) is 82.9 Å². The van der Waals surface area contributed by atoms with E-state index < -0.39 is 17.7 Å². The molecule has 0 radical (unpaired) electrons. The summed E-state index contributed by atoms with van der Waals surface area (Å²) in [7, 11) is 1.54. The summed E-state index contributed by atoms with van der Waals surface area (Å²) in [5.74, 6) is -0.223. The second-order valence-electron chi connectivity index (χ2n) is 8.94. The summed E-state index contributed by atoms with van der Waals surface area (Å²) in [6.45, 7) is 6.56. The largest absolute Gasteiger partial charge is 0.507 e. The maximum atomic E-state index is 13.6. The lowest BCUT2D eigenvalue weighted by atomic mass is 9.95. The number of carbonyl (C=O) groups is 2. The van der Waals surface area contributed by atoms with Crippen LogP contribution in [0.5, 0.6) is 17.2 Å². The maximum Gasteiger partial charge on any atom is 0.301 e. The van der Waals surface area contributed by atoms with E-state index in [-0.39, 0.29) is 11.3 Å². The smallest absolute Gasteiger partial charge is 0.301 e. The van der Waals surface area contributed by atoms with Gasteiger partial charge in [-0.2, -0.15) is 0 Å². The molecular formula is C30H28N2O6S. The van der Waals surface area contributed by atoms with Gasteiger partial charge in [-0.25, -0.2) is 4.98 Å². The van der Waals surface area contributed by atoms with E-state index in [2.05, 4.69) is 4.98 Å². The van der Waals surface area contributed by atoms with Gasteiger partial charge in [-0.15, -0.1) is 0 Å². The van der Waals surface area contributed by atoms with E-state index in [1.54, 1.807) is 49.6 Å². The number of ether oxygens (including phenoxy) is 3. The number of anilines is 1. The summed E-state index contributed by atoms with van der Waals surface area (Å²) in [5.41, 5.74) is 2.70. The molecule has 3 aromatic carbocycles. The predicted molar refractivity (Wildman–Crippen MR) is 151 cm³/mol. The number of amides is 1. The SMILES string of the molecule is CCOc1ccc(C2/C(=C(\O)c3ccc(OC)cc3)C(=O)C(=O)N2c2nc3ccc(C)cc3s2)cc1OCC. The van der Waals surface area contributed by atoms with Crippen molar-refractivity contribution in [1.82, 2.24) is 4.98 Å². The van der Waals surface area contributed by atoms with Crippen molar-refractivity contribution < 1.29 is 28.9 Å². The summed E-state index contributed by atoms with van der Waals surface area (Å²) in [6.07, 6.45) is 0. The van der Waals surface area contributed by atoms with Crippen molar-refractivity contribution in [2.75, 3.05) is 25.2 Å². The fourth-order valence-corrected chi connectivity index (χ4v) is 5.70. The molecule has 1 N–H and O–H groups in total. The molecule has 0 spiro atoms. The van der Waals surface area contributed by atoms with Gasteiger partial charge in [0.25, 0.3) is 5.78 Å². The van der Waals surface area contributed by atoms with Crippen LogP contribution in [0.1, 0.15) is 36.6 Å². The molecule has 1 fully saturated rings. The Morgan fingerprint density at radius 2 is 1.69 bits per heavy atom. The van der Waals surface area contributed by atoms with Crippen molar-refractivity contribution in [1.29, 1.82) is 0 Å². The molecule has 200 valence electrons. The van der Waals surface area contributed by atoms with E-state index >= 15 is 0 Å². The van der Waals surface area contributed by atoms with Gasteiger partial charge in [0.1, 0.15) is 11.5 Å². The first-order chi connectivity index (χ1) is 18.9. The number of benzene rings is 3. The van der Waals surface area contributed by atoms with Crippen molar-refractivity contribution in [3.8, 4) is 17.2 Å². The molecule has 1 atom stereocenters. The fourth-order valence-electron chi connectivity index (χ4n) is 4.61. The highest BCUT2D eigenvalue weighted by Gasteiger charge is 2.48. The molecule has 4 aromatic rings. The molecule has 1 unspecified atom stereocenters. The maximum absolute atomic E-state index is 13.6. The first kappa shape index (κ1) is 26.2. The zero-order chi connectivity index (χ0) is 27.7. The Hall–Kier alpha value is -4.37. The number of fused-ring (bicyclic) bond motifs is 1. The van der Waals surface area contributed by atoms with Gasteiger partial charge < -0.3 is 19.3 Å². The zero-order valence-electron chi connectivity index (χ0n) is 22.1. The number of carbonyl (C=O) groups excluding carboxylic acids is 2. The topological polar surface area (TPSA) is 98.2 Å². The van der Waals surface area contributed by atoms with Crippen molar-refractivity contribution in [3.63, 3.8) is 0 Å². The average molecular weight is 545 g/mol. The highest BCUT2D eigenvalue weighted by molar-refractivity contribution is 7.22. The van der Waals surface area contributed by atoms with Crippen LogP contribution in [0, 0.1) is 6.92 Å². The third kappa shape index (κ3) is 4.81. The molecule has 0 saturated carbocycles. The number of aromatic nitrogens is 1. The van der Waals surface area contributed by atoms with Crippen molar-refractivity contribution in [2.45, 2.75) is 26.8 Å². The average Bonchev–Trinajstić information content (AvgIpc) is 3.47. The lowest BCUT2D eigenvalue weighted by molar-refractivity contribution is -0.132. The number of hydrogen-bond acceptors (Lipinski definition) is 8. The molecule has 39 heavy (non-hydrogen) atoms. The first-order valence-electron chi connectivity index (χ1n) is 12.6. The Morgan fingerprint density at radius 1 is 0.974 bits per heavy atom. The normalized spacial score (nSPS) is 16.6. The molecule has 9 heteroatoms. The summed E-state index contributed by atoms with van der Waals surface area (Å²) >= 11 is 1.32. The van der Waals surface area contributed by atoms with E-state index in [0.717, 1.165) is 15.8 Å². The number of aliphatic hydroxyl groups is 1. The number of ketones is 1. The van der Waals surface area contributed by atoms with Crippen molar-refractivity contribution >= 4 is 44.1 Å². The third-order valence-corrected chi connectivity index (χ3v) is 7.45. The summed E-state index contributed by atoms with van der Waals surface area (Å²) in [5, 5.41) is 11.8. The van der Waals surface area contributed by atoms with Crippen molar-refractivity contribution in [2.24, 2.45) is 0 Å². The summed E-state index contributed by atoms with van der Waals surface area (Å²) < 4.78 is 17.7. The van der Waals surface area contributed by atoms with Crippen LogP contribution in [0.3, 0.4) is 0 Å². The minimum absolute atomic E-state index is 0.0350. The first-order valence-corrected chi connectivity index (χ1v) is 13.4. The van der Waals surface area contributed by atoms with Gasteiger partial charge in [0.15, 0.2) is 16.6 Å². The van der Waals surface area contributed by atoms with E-state index in [0.29, 0.717) is 46.7 Å². The highest BCUT2D eigenvalue weighted by Crippen LogP contribution is 2.46. The number of thiazole rings is 1. The Labute approximate surface area is 230 Å². The standard InChI is InChI=1S/C30H28N2O6S/c1-5-37-22-14-10-19(16-23(22)38-6-2)26-25(27(33)18-8-11-20(36-4)12-9-18)28(34)29(35)32(26)30-31-21-13-7-17(3)15-24(21)39-30/h7-16,26,33H,5-6H2,1-4H3/b27-25+. The van der Waals surface area contributed by atoms with Gasteiger partial charge in [-0.1, -0.05) is 23.5 Å². The second-order valence-corrected chi connectivity index (χ2v) is 9.95. The third-order valence-electron chi connectivity index (χ3n) is 6.43. The Bertz CT molecular complexity index is 1590. The number of methoxy groups -OCH3 is 1. The number of aryl methyl sites for hydroxylation is 1. The zero-order valence-corrected chi connectivity index (χ0v) is 22.9. The van der Waals surface area contributed by atoms with Crippen LogP contribution in [0.15, 0.2) is 66.2 Å². The number of rotatable bonds is 8.